The maximum absolute atomic E-state index is 11.3. The largest absolute Gasteiger partial charge is 0.495 e. The second kappa shape index (κ2) is 5.91. The Morgan fingerprint density at radius 1 is 1.29 bits per heavy atom. The minimum atomic E-state index is -3.25. The van der Waals surface area contributed by atoms with Crippen molar-refractivity contribution in [3.8, 4) is 5.75 Å². The summed E-state index contributed by atoms with van der Waals surface area (Å²) >= 11 is 11.9. The molecule has 0 heterocycles. The van der Waals surface area contributed by atoms with E-state index < -0.39 is 10.0 Å². The number of benzene rings is 1. The molecule has 17 heavy (non-hydrogen) atoms. The number of ether oxygens (including phenoxy) is 1. The van der Waals surface area contributed by atoms with Crippen LogP contribution in [0.2, 0.25) is 10.0 Å². The Bertz CT molecular complexity index is 503. The van der Waals surface area contributed by atoms with E-state index in [1.54, 1.807) is 19.1 Å². The van der Waals surface area contributed by atoms with Crippen molar-refractivity contribution in [1.29, 1.82) is 0 Å². The van der Waals surface area contributed by atoms with Crippen LogP contribution >= 0.6 is 23.2 Å². The van der Waals surface area contributed by atoms with E-state index in [4.69, 9.17) is 27.9 Å². The molecule has 96 valence electrons. The molecule has 0 fully saturated rings. The summed E-state index contributed by atoms with van der Waals surface area (Å²) in [7, 11) is -1.76. The molecule has 0 aromatic heterocycles. The average molecular weight is 298 g/mol. The van der Waals surface area contributed by atoms with Crippen molar-refractivity contribution in [1.82, 2.24) is 4.72 Å². The standard InChI is InChI=1S/C10H13Cl2NO3S/c1-3-17(14,15)13-6-7-4-9(12)10(16-2)5-8(7)11/h4-5,13H,3,6H2,1-2H3. The summed E-state index contributed by atoms with van der Waals surface area (Å²) in [5.74, 6) is 0.480. The molecule has 1 rings (SSSR count). The molecule has 1 aromatic carbocycles. The third-order valence-electron chi connectivity index (χ3n) is 2.18. The average Bonchev–Trinajstić information content (AvgIpc) is 2.29. The highest BCUT2D eigenvalue weighted by Crippen LogP contribution is 2.30. The van der Waals surface area contributed by atoms with Gasteiger partial charge in [-0.05, 0) is 18.6 Å². The van der Waals surface area contributed by atoms with E-state index in [-0.39, 0.29) is 12.3 Å². The quantitative estimate of drug-likeness (QED) is 0.908. The van der Waals surface area contributed by atoms with Gasteiger partial charge in [0.1, 0.15) is 5.75 Å². The fraction of sp³-hybridized carbons (Fsp3) is 0.400. The van der Waals surface area contributed by atoms with Crippen LogP contribution in [0.1, 0.15) is 12.5 Å². The smallest absolute Gasteiger partial charge is 0.211 e. The first-order valence-corrected chi connectivity index (χ1v) is 7.29. The molecule has 0 amide bonds. The molecule has 1 aromatic rings. The van der Waals surface area contributed by atoms with Crippen LogP contribution in [0.4, 0.5) is 0 Å². The molecule has 0 bridgehead atoms. The second-order valence-electron chi connectivity index (χ2n) is 3.30. The molecule has 0 spiro atoms. The Hall–Kier alpha value is -0.490. The van der Waals surface area contributed by atoms with Gasteiger partial charge in [0.05, 0.1) is 17.9 Å². The van der Waals surface area contributed by atoms with Gasteiger partial charge in [0, 0.05) is 17.6 Å². The molecule has 7 heteroatoms. The number of methoxy groups -OCH3 is 1. The molecule has 0 aliphatic rings. The monoisotopic (exact) mass is 297 g/mol. The third-order valence-corrected chi connectivity index (χ3v) is 4.17. The van der Waals surface area contributed by atoms with Gasteiger partial charge < -0.3 is 4.74 Å². The van der Waals surface area contributed by atoms with E-state index in [0.717, 1.165) is 0 Å². The third kappa shape index (κ3) is 4.03. The lowest BCUT2D eigenvalue weighted by molar-refractivity contribution is 0.415. The van der Waals surface area contributed by atoms with Crippen LogP contribution < -0.4 is 9.46 Å². The first kappa shape index (κ1) is 14.6. The van der Waals surface area contributed by atoms with Gasteiger partial charge in [-0.15, -0.1) is 0 Å². The van der Waals surface area contributed by atoms with Crippen molar-refractivity contribution >= 4 is 33.2 Å². The van der Waals surface area contributed by atoms with Gasteiger partial charge in [0.15, 0.2) is 0 Å². The van der Waals surface area contributed by atoms with Gasteiger partial charge >= 0.3 is 0 Å². The van der Waals surface area contributed by atoms with Gasteiger partial charge in [0.25, 0.3) is 0 Å². The molecule has 0 aliphatic carbocycles. The number of sulfonamides is 1. The number of hydrogen-bond acceptors (Lipinski definition) is 3. The Kier molecular flexibility index (Phi) is 5.06. The Balaban J connectivity index is 2.90. The predicted molar refractivity (Wildman–Crippen MR) is 69.3 cm³/mol. The molecule has 0 radical (unpaired) electrons. The maximum atomic E-state index is 11.3. The highest BCUT2D eigenvalue weighted by atomic mass is 35.5. The van der Waals surface area contributed by atoms with Crippen molar-refractivity contribution in [2.45, 2.75) is 13.5 Å². The number of hydrogen-bond donors (Lipinski definition) is 1. The van der Waals surface area contributed by atoms with E-state index >= 15 is 0 Å². The Labute approximate surface area is 111 Å². The molecule has 0 atom stereocenters. The van der Waals surface area contributed by atoms with Crippen LogP contribution in [0.25, 0.3) is 0 Å². The van der Waals surface area contributed by atoms with Crippen LogP contribution in [0, 0.1) is 0 Å². The highest BCUT2D eigenvalue weighted by Gasteiger charge is 2.11. The predicted octanol–water partition coefficient (Wildman–Crippen LogP) is 2.44. The summed E-state index contributed by atoms with van der Waals surface area (Å²) in [5.41, 5.74) is 0.606. The van der Waals surface area contributed by atoms with E-state index in [2.05, 4.69) is 4.72 Å². The molecule has 0 saturated carbocycles. The fourth-order valence-electron chi connectivity index (χ4n) is 1.15. The van der Waals surface area contributed by atoms with Crippen molar-refractivity contribution in [2.24, 2.45) is 0 Å². The summed E-state index contributed by atoms with van der Waals surface area (Å²) < 4.78 is 30.0. The molecule has 0 saturated heterocycles. The van der Waals surface area contributed by atoms with Crippen LogP contribution in [0.15, 0.2) is 12.1 Å². The maximum Gasteiger partial charge on any atom is 0.211 e. The van der Waals surface area contributed by atoms with Crippen LogP contribution in [0.5, 0.6) is 5.75 Å². The summed E-state index contributed by atoms with van der Waals surface area (Å²) in [4.78, 5) is 0. The zero-order chi connectivity index (χ0) is 13.1. The number of rotatable bonds is 5. The van der Waals surface area contributed by atoms with Crippen molar-refractivity contribution < 1.29 is 13.2 Å². The van der Waals surface area contributed by atoms with Gasteiger partial charge in [-0.3, -0.25) is 0 Å². The molecule has 4 nitrogen and oxygen atoms in total. The van der Waals surface area contributed by atoms with Crippen LogP contribution in [-0.2, 0) is 16.6 Å². The molecule has 0 aliphatic heterocycles. The lowest BCUT2D eigenvalue weighted by atomic mass is 10.2. The van der Waals surface area contributed by atoms with E-state index in [9.17, 15) is 8.42 Å². The van der Waals surface area contributed by atoms with Crippen molar-refractivity contribution in [3.63, 3.8) is 0 Å². The van der Waals surface area contributed by atoms with E-state index in [1.165, 1.54) is 7.11 Å². The Morgan fingerprint density at radius 2 is 1.94 bits per heavy atom. The SMILES string of the molecule is CCS(=O)(=O)NCc1cc(Cl)c(OC)cc1Cl. The van der Waals surface area contributed by atoms with Gasteiger partial charge in [-0.25, -0.2) is 13.1 Å². The molecule has 1 N–H and O–H groups in total. The fourth-order valence-corrected chi connectivity index (χ4v) is 2.21. The first-order chi connectivity index (χ1) is 7.89. The molecular formula is C10H13Cl2NO3S. The van der Waals surface area contributed by atoms with Crippen LogP contribution in [-0.4, -0.2) is 21.3 Å². The summed E-state index contributed by atoms with van der Waals surface area (Å²) in [6.07, 6.45) is 0. The lowest BCUT2D eigenvalue weighted by Gasteiger charge is -2.09. The first-order valence-electron chi connectivity index (χ1n) is 4.89. The summed E-state index contributed by atoms with van der Waals surface area (Å²) in [6.45, 7) is 1.67. The van der Waals surface area contributed by atoms with Crippen molar-refractivity contribution in [2.75, 3.05) is 12.9 Å². The molecular weight excluding hydrogens is 285 g/mol. The summed E-state index contributed by atoms with van der Waals surface area (Å²) in [5, 5.41) is 0.799. The molecule has 0 unspecified atom stereocenters. The van der Waals surface area contributed by atoms with Gasteiger partial charge in [-0.1, -0.05) is 23.2 Å². The zero-order valence-electron chi connectivity index (χ0n) is 9.46. The normalized spacial score (nSPS) is 11.5. The van der Waals surface area contributed by atoms with Gasteiger partial charge in [-0.2, -0.15) is 0 Å². The summed E-state index contributed by atoms with van der Waals surface area (Å²) in [6, 6.07) is 3.14. The van der Waals surface area contributed by atoms with Crippen molar-refractivity contribution in [3.05, 3.63) is 27.7 Å². The van der Waals surface area contributed by atoms with E-state index in [1.807, 2.05) is 0 Å². The number of nitrogens with one attached hydrogen (secondary N) is 1. The zero-order valence-corrected chi connectivity index (χ0v) is 11.8. The lowest BCUT2D eigenvalue weighted by Crippen LogP contribution is -2.24. The second-order valence-corrected chi connectivity index (χ2v) is 6.21. The Morgan fingerprint density at radius 3 is 2.47 bits per heavy atom. The number of halogens is 2. The highest BCUT2D eigenvalue weighted by molar-refractivity contribution is 7.89. The van der Waals surface area contributed by atoms with Crippen LogP contribution in [0.3, 0.4) is 0 Å². The minimum absolute atomic E-state index is 0.0223. The minimum Gasteiger partial charge on any atom is -0.495 e. The topological polar surface area (TPSA) is 55.4 Å². The van der Waals surface area contributed by atoms with Gasteiger partial charge in [0.2, 0.25) is 10.0 Å². The van der Waals surface area contributed by atoms with E-state index in [0.29, 0.717) is 21.4 Å².